The van der Waals surface area contributed by atoms with Crippen molar-refractivity contribution in [2.45, 2.75) is 0 Å². The van der Waals surface area contributed by atoms with Crippen LogP contribution in [-0.4, -0.2) is 9.13 Å². The van der Waals surface area contributed by atoms with E-state index in [2.05, 4.69) is 240 Å². The van der Waals surface area contributed by atoms with Crippen molar-refractivity contribution in [2.75, 3.05) is 0 Å². The summed E-state index contributed by atoms with van der Waals surface area (Å²) in [5.41, 5.74) is 18.0. The molecule has 0 aliphatic carbocycles. The number of hydrogen-bond donors (Lipinski definition) is 0. The van der Waals surface area contributed by atoms with Crippen molar-refractivity contribution in [3.05, 3.63) is 231 Å². The van der Waals surface area contributed by atoms with Crippen molar-refractivity contribution in [1.29, 1.82) is 0 Å². The van der Waals surface area contributed by atoms with Crippen LogP contribution < -0.4 is 0 Å². The van der Waals surface area contributed by atoms with E-state index in [0.29, 0.717) is 0 Å². The van der Waals surface area contributed by atoms with Crippen LogP contribution in [0.5, 0.6) is 0 Å². The zero-order valence-corrected chi connectivity index (χ0v) is 34.2. The van der Waals surface area contributed by atoms with Crippen molar-refractivity contribution < 1.29 is 4.42 Å². The van der Waals surface area contributed by atoms with Crippen molar-refractivity contribution in [2.24, 2.45) is 0 Å². The zero-order chi connectivity index (χ0) is 41.4. The Hall–Kier alpha value is -8.40. The fourth-order valence-corrected chi connectivity index (χ4v) is 10.1. The maximum Gasteiger partial charge on any atom is 0.160 e. The Kier molecular flexibility index (Phi) is 7.91. The maximum atomic E-state index is 6.93. The van der Waals surface area contributed by atoms with Crippen molar-refractivity contribution in [3.8, 4) is 55.9 Å². The molecule has 13 aromatic rings. The normalized spacial score (nSPS) is 11.8. The monoisotopic (exact) mass is 802 g/mol. The Balaban J connectivity index is 1.00. The lowest BCUT2D eigenvalue weighted by atomic mass is 9.91. The average molecular weight is 803 g/mol. The number of fused-ring (bicyclic) bond motifs is 9. The van der Waals surface area contributed by atoms with Crippen molar-refractivity contribution in [3.63, 3.8) is 0 Å². The van der Waals surface area contributed by atoms with E-state index in [4.69, 9.17) is 4.42 Å². The van der Waals surface area contributed by atoms with Gasteiger partial charge in [-0.1, -0.05) is 176 Å². The van der Waals surface area contributed by atoms with Crippen LogP contribution in [0, 0.1) is 0 Å². The lowest BCUT2D eigenvalue weighted by Crippen LogP contribution is -1.96. The Bertz CT molecular complexity index is 3900. The van der Waals surface area contributed by atoms with E-state index >= 15 is 0 Å². The van der Waals surface area contributed by atoms with Crippen molar-refractivity contribution >= 4 is 65.6 Å². The van der Waals surface area contributed by atoms with E-state index in [-0.39, 0.29) is 0 Å². The Labute approximate surface area is 363 Å². The molecular formula is C60H38N2O. The van der Waals surface area contributed by atoms with Gasteiger partial charge in [0.25, 0.3) is 0 Å². The highest BCUT2D eigenvalue weighted by molar-refractivity contribution is 6.18. The molecule has 3 aromatic heterocycles. The predicted octanol–water partition coefficient (Wildman–Crippen LogP) is 16.4. The van der Waals surface area contributed by atoms with E-state index in [1.165, 1.54) is 71.5 Å². The van der Waals surface area contributed by atoms with E-state index in [0.717, 1.165) is 49.9 Å². The summed E-state index contributed by atoms with van der Waals surface area (Å²) < 4.78 is 11.7. The number of rotatable bonds is 6. The summed E-state index contributed by atoms with van der Waals surface area (Å²) in [7, 11) is 0. The smallest absolute Gasteiger partial charge is 0.160 e. The first-order valence-corrected chi connectivity index (χ1v) is 21.6. The van der Waals surface area contributed by atoms with Crippen LogP contribution in [-0.2, 0) is 0 Å². The Morgan fingerprint density at radius 3 is 1.67 bits per heavy atom. The first-order chi connectivity index (χ1) is 31.3. The fraction of sp³-hybridized carbons (Fsp3) is 0. The quantitative estimate of drug-likeness (QED) is 0.164. The van der Waals surface area contributed by atoms with Crippen molar-refractivity contribution in [1.82, 2.24) is 9.13 Å². The lowest BCUT2D eigenvalue weighted by Gasteiger charge is -2.14. The summed E-state index contributed by atoms with van der Waals surface area (Å²) in [6.07, 6.45) is 0. The molecule has 0 aliphatic heterocycles. The second-order valence-electron chi connectivity index (χ2n) is 16.4. The second kappa shape index (κ2) is 14.1. The van der Waals surface area contributed by atoms with Crippen LogP contribution in [0.15, 0.2) is 235 Å². The van der Waals surface area contributed by atoms with Gasteiger partial charge in [0.15, 0.2) is 5.58 Å². The molecule has 0 aliphatic rings. The number of furan rings is 1. The van der Waals surface area contributed by atoms with Crippen LogP contribution in [0.1, 0.15) is 0 Å². The number of benzene rings is 10. The number of nitrogens with zero attached hydrogens (tertiary/aromatic N) is 2. The number of hydrogen-bond acceptors (Lipinski definition) is 1. The van der Waals surface area contributed by atoms with E-state index < -0.39 is 0 Å². The first-order valence-electron chi connectivity index (χ1n) is 21.6. The molecule has 13 rings (SSSR count). The molecule has 0 radical (unpaired) electrons. The van der Waals surface area contributed by atoms with E-state index in [9.17, 15) is 0 Å². The molecule has 3 heterocycles. The van der Waals surface area contributed by atoms with Crippen LogP contribution in [0.25, 0.3) is 121 Å². The summed E-state index contributed by atoms with van der Waals surface area (Å²) in [6, 6.07) is 83.3. The van der Waals surface area contributed by atoms with Gasteiger partial charge in [0.05, 0.1) is 27.8 Å². The summed E-state index contributed by atoms with van der Waals surface area (Å²) in [5.74, 6) is 0. The molecule has 0 saturated carbocycles. The van der Waals surface area contributed by atoms with Gasteiger partial charge in [-0.05, 0) is 99.1 Å². The number of aromatic nitrogens is 2. The average Bonchev–Trinajstić information content (AvgIpc) is 4.02. The second-order valence-corrected chi connectivity index (χ2v) is 16.4. The molecular weight excluding hydrogens is 765 g/mol. The zero-order valence-electron chi connectivity index (χ0n) is 34.2. The molecule has 0 bridgehead atoms. The number of para-hydroxylation sites is 3. The molecule has 63 heavy (non-hydrogen) atoms. The molecule has 0 saturated heterocycles. The van der Waals surface area contributed by atoms with Gasteiger partial charge in [0, 0.05) is 38.0 Å². The van der Waals surface area contributed by atoms with Crippen LogP contribution in [0.3, 0.4) is 0 Å². The molecule has 0 atom stereocenters. The van der Waals surface area contributed by atoms with Gasteiger partial charge in [-0.2, -0.15) is 0 Å². The molecule has 0 unspecified atom stereocenters. The Morgan fingerprint density at radius 1 is 0.286 bits per heavy atom. The molecule has 0 spiro atoms. The largest absolute Gasteiger partial charge is 0.454 e. The van der Waals surface area contributed by atoms with Gasteiger partial charge >= 0.3 is 0 Å². The molecule has 10 aromatic carbocycles. The van der Waals surface area contributed by atoms with Crippen LogP contribution in [0.2, 0.25) is 0 Å². The Morgan fingerprint density at radius 2 is 0.857 bits per heavy atom. The maximum absolute atomic E-state index is 6.93. The predicted molar refractivity (Wildman–Crippen MR) is 264 cm³/mol. The topological polar surface area (TPSA) is 23.0 Å². The molecule has 3 nitrogen and oxygen atoms in total. The third kappa shape index (κ3) is 5.53. The third-order valence-corrected chi connectivity index (χ3v) is 12.9. The van der Waals surface area contributed by atoms with Gasteiger partial charge in [-0.15, -0.1) is 0 Å². The highest BCUT2D eigenvalue weighted by Gasteiger charge is 2.22. The molecule has 294 valence electrons. The standard InChI is InChI=1S/C60H38N2O/c1-3-16-39(17-4-1)41-20-15-21-44(36-41)61-53-27-12-9-24-47(53)49-32-30-43(38-57(49)61)42-31-34-55-52(37-42)48-25-10-13-28-54(48)62(55)56-35-33-50(59-51-26-11-14-29-58(51)63-60(56)59)46-23-8-7-22-45(46)40-18-5-2-6-19-40/h1-38H. The minimum absolute atomic E-state index is 0.873. The highest BCUT2D eigenvalue weighted by Crippen LogP contribution is 2.45. The van der Waals surface area contributed by atoms with Crippen LogP contribution >= 0.6 is 0 Å². The van der Waals surface area contributed by atoms with E-state index in [1.54, 1.807) is 0 Å². The summed E-state index contributed by atoms with van der Waals surface area (Å²) >= 11 is 0. The van der Waals surface area contributed by atoms with Gasteiger partial charge in [-0.25, -0.2) is 0 Å². The SMILES string of the molecule is c1ccc(-c2cccc(-n3c4ccccc4c4ccc(-c5ccc6c(c5)c5ccccc5n6-c5ccc(-c6ccccc6-c6ccccc6)c6c5oc5ccccc56)cc43)c2)cc1. The molecule has 0 N–H and O–H groups in total. The molecule has 0 fully saturated rings. The van der Waals surface area contributed by atoms with Gasteiger partial charge in [0.1, 0.15) is 5.58 Å². The first kappa shape index (κ1) is 35.4. The van der Waals surface area contributed by atoms with Crippen LogP contribution in [0.4, 0.5) is 0 Å². The summed E-state index contributed by atoms with van der Waals surface area (Å²) in [6.45, 7) is 0. The molecule has 3 heteroatoms. The van der Waals surface area contributed by atoms with Gasteiger partial charge in [0.2, 0.25) is 0 Å². The van der Waals surface area contributed by atoms with E-state index in [1.807, 2.05) is 0 Å². The third-order valence-electron chi connectivity index (χ3n) is 12.9. The summed E-state index contributed by atoms with van der Waals surface area (Å²) in [5, 5.41) is 7.10. The highest BCUT2D eigenvalue weighted by atomic mass is 16.3. The molecule has 0 amide bonds. The minimum Gasteiger partial charge on any atom is -0.454 e. The van der Waals surface area contributed by atoms with Gasteiger partial charge < -0.3 is 13.6 Å². The van der Waals surface area contributed by atoms with Gasteiger partial charge in [-0.3, -0.25) is 0 Å². The summed E-state index contributed by atoms with van der Waals surface area (Å²) in [4.78, 5) is 0. The lowest BCUT2D eigenvalue weighted by molar-refractivity contribution is 0.666. The fourth-order valence-electron chi connectivity index (χ4n) is 10.1. The minimum atomic E-state index is 0.873.